The van der Waals surface area contributed by atoms with E-state index in [4.69, 9.17) is 9.47 Å². The first kappa shape index (κ1) is 16.1. The molecule has 0 radical (unpaired) electrons. The Kier molecular flexibility index (Phi) is 5.39. The number of benzene rings is 1. The zero-order chi connectivity index (χ0) is 16.1. The van der Waals surface area contributed by atoms with Gasteiger partial charge in [-0.15, -0.1) is 0 Å². The summed E-state index contributed by atoms with van der Waals surface area (Å²) in [6.07, 6.45) is 2.74. The van der Waals surface area contributed by atoms with E-state index in [1.165, 1.54) is 5.69 Å². The van der Waals surface area contributed by atoms with Gasteiger partial charge in [0.25, 0.3) is 0 Å². The van der Waals surface area contributed by atoms with Gasteiger partial charge in [-0.05, 0) is 43.0 Å². The van der Waals surface area contributed by atoms with Crippen LogP contribution in [0.3, 0.4) is 0 Å². The van der Waals surface area contributed by atoms with Gasteiger partial charge < -0.3 is 19.3 Å². The fourth-order valence-corrected chi connectivity index (χ4v) is 3.33. The van der Waals surface area contributed by atoms with Crippen molar-refractivity contribution in [2.24, 2.45) is 5.92 Å². The number of nitrogens with zero attached hydrogens (tertiary/aromatic N) is 2. The van der Waals surface area contributed by atoms with Gasteiger partial charge in [0.2, 0.25) is 5.91 Å². The molecule has 23 heavy (non-hydrogen) atoms. The molecule has 2 fully saturated rings. The molecular weight excluding hydrogens is 292 g/mol. The molecule has 0 bridgehead atoms. The minimum absolute atomic E-state index is 0.311. The van der Waals surface area contributed by atoms with Crippen molar-refractivity contribution in [3.05, 3.63) is 24.3 Å². The Morgan fingerprint density at radius 2 is 1.78 bits per heavy atom. The minimum atomic E-state index is 0.311. The lowest BCUT2D eigenvalue weighted by Crippen LogP contribution is -2.49. The lowest BCUT2D eigenvalue weighted by Gasteiger charge is -2.37. The van der Waals surface area contributed by atoms with Crippen molar-refractivity contribution in [3.63, 3.8) is 0 Å². The van der Waals surface area contributed by atoms with E-state index in [0.29, 0.717) is 18.2 Å². The summed E-state index contributed by atoms with van der Waals surface area (Å²) in [7, 11) is 1.68. The number of carbonyl (C=O) groups excluding carboxylic acids is 1. The molecule has 1 aromatic rings. The van der Waals surface area contributed by atoms with Gasteiger partial charge in [0.15, 0.2) is 0 Å². The zero-order valence-corrected chi connectivity index (χ0v) is 13.9. The number of rotatable bonds is 4. The molecule has 0 unspecified atom stereocenters. The molecule has 5 nitrogen and oxygen atoms in total. The Bertz CT molecular complexity index is 504. The van der Waals surface area contributed by atoms with Crippen LogP contribution in [-0.2, 0) is 9.53 Å². The van der Waals surface area contributed by atoms with Crippen molar-refractivity contribution in [3.8, 4) is 5.75 Å². The number of hydrogen-bond acceptors (Lipinski definition) is 4. The lowest BCUT2D eigenvalue weighted by atomic mass is 9.96. The monoisotopic (exact) mass is 318 g/mol. The average Bonchev–Trinajstić information content (AvgIpc) is 2.63. The van der Waals surface area contributed by atoms with E-state index in [-0.39, 0.29) is 0 Å². The van der Waals surface area contributed by atoms with Gasteiger partial charge in [0.05, 0.1) is 7.11 Å². The summed E-state index contributed by atoms with van der Waals surface area (Å²) in [6, 6.07) is 8.13. The summed E-state index contributed by atoms with van der Waals surface area (Å²) < 4.78 is 10.6. The highest BCUT2D eigenvalue weighted by Gasteiger charge is 2.24. The zero-order valence-electron chi connectivity index (χ0n) is 13.9. The Morgan fingerprint density at radius 1 is 1.13 bits per heavy atom. The smallest absolute Gasteiger partial charge is 0.222 e. The van der Waals surface area contributed by atoms with Gasteiger partial charge in [0, 0.05) is 51.5 Å². The van der Waals surface area contributed by atoms with E-state index < -0.39 is 0 Å². The summed E-state index contributed by atoms with van der Waals surface area (Å²) >= 11 is 0. The van der Waals surface area contributed by atoms with Gasteiger partial charge in [-0.3, -0.25) is 4.79 Å². The number of anilines is 1. The summed E-state index contributed by atoms with van der Waals surface area (Å²) in [5.74, 6) is 1.70. The van der Waals surface area contributed by atoms with Crippen molar-refractivity contribution in [1.29, 1.82) is 0 Å². The Balaban J connectivity index is 1.48. The highest BCUT2D eigenvalue weighted by Crippen LogP contribution is 2.22. The topological polar surface area (TPSA) is 42.0 Å². The maximum atomic E-state index is 12.4. The maximum Gasteiger partial charge on any atom is 0.222 e. The summed E-state index contributed by atoms with van der Waals surface area (Å²) in [6.45, 7) is 5.03. The summed E-state index contributed by atoms with van der Waals surface area (Å²) in [4.78, 5) is 16.8. The van der Waals surface area contributed by atoms with Crippen LogP contribution in [0.15, 0.2) is 24.3 Å². The molecule has 0 N–H and O–H groups in total. The first-order valence-corrected chi connectivity index (χ1v) is 8.51. The van der Waals surface area contributed by atoms with Crippen molar-refractivity contribution >= 4 is 11.6 Å². The van der Waals surface area contributed by atoms with Crippen LogP contribution in [0.2, 0.25) is 0 Å². The van der Waals surface area contributed by atoms with Crippen molar-refractivity contribution in [2.45, 2.75) is 19.3 Å². The molecule has 126 valence electrons. The second-order valence-electron chi connectivity index (χ2n) is 6.33. The summed E-state index contributed by atoms with van der Waals surface area (Å²) in [5.41, 5.74) is 1.20. The standard InChI is InChI=1S/C18H26N2O3/c1-22-17-4-2-16(3-5-17)19-8-10-20(11-9-19)18(21)14-15-6-12-23-13-7-15/h2-5,15H,6-14H2,1H3. The van der Waals surface area contributed by atoms with Gasteiger partial charge in [0.1, 0.15) is 5.75 Å². The summed E-state index contributed by atoms with van der Waals surface area (Å²) in [5, 5.41) is 0. The van der Waals surface area contributed by atoms with E-state index in [2.05, 4.69) is 17.0 Å². The van der Waals surface area contributed by atoms with Gasteiger partial charge in [-0.1, -0.05) is 0 Å². The van der Waals surface area contributed by atoms with Gasteiger partial charge in [-0.25, -0.2) is 0 Å². The molecular formula is C18H26N2O3. The third-order valence-corrected chi connectivity index (χ3v) is 4.87. The normalized spacial score (nSPS) is 19.7. The van der Waals surface area contributed by atoms with E-state index in [0.717, 1.165) is 58.0 Å². The van der Waals surface area contributed by atoms with E-state index in [1.54, 1.807) is 7.11 Å². The Morgan fingerprint density at radius 3 is 2.39 bits per heavy atom. The number of ether oxygens (including phenoxy) is 2. The Labute approximate surface area is 138 Å². The van der Waals surface area contributed by atoms with Crippen molar-refractivity contribution < 1.29 is 14.3 Å². The lowest BCUT2D eigenvalue weighted by molar-refractivity contribution is -0.133. The molecule has 2 aliphatic heterocycles. The molecule has 1 aromatic carbocycles. The molecule has 2 saturated heterocycles. The highest BCUT2D eigenvalue weighted by atomic mass is 16.5. The van der Waals surface area contributed by atoms with E-state index in [9.17, 15) is 4.79 Å². The second kappa shape index (κ2) is 7.68. The van der Waals surface area contributed by atoms with Crippen LogP contribution in [0.1, 0.15) is 19.3 Å². The van der Waals surface area contributed by atoms with Crippen LogP contribution >= 0.6 is 0 Å². The third kappa shape index (κ3) is 4.16. The third-order valence-electron chi connectivity index (χ3n) is 4.87. The number of methoxy groups -OCH3 is 1. The quantitative estimate of drug-likeness (QED) is 0.853. The fourth-order valence-electron chi connectivity index (χ4n) is 3.33. The van der Waals surface area contributed by atoms with E-state index >= 15 is 0 Å². The molecule has 2 heterocycles. The van der Waals surface area contributed by atoms with Crippen LogP contribution < -0.4 is 9.64 Å². The van der Waals surface area contributed by atoms with Gasteiger partial charge in [-0.2, -0.15) is 0 Å². The molecule has 1 amide bonds. The van der Waals surface area contributed by atoms with Crippen LogP contribution in [-0.4, -0.2) is 57.3 Å². The minimum Gasteiger partial charge on any atom is -0.497 e. The molecule has 0 spiro atoms. The first-order valence-electron chi connectivity index (χ1n) is 8.51. The van der Waals surface area contributed by atoms with E-state index in [1.807, 2.05) is 17.0 Å². The maximum absolute atomic E-state index is 12.4. The van der Waals surface area contributed by atoms with Gasteiger partial charge >= 0.3 is 0 Å². The predicted molar refractivity (Wildman–Crippen MR) is 89.9 cm³/mol. The van der Waals surface area contributed by atoms with Crippen molar-refractivity contribution in [1.82, 2.24) is 4.90 Å². The molecule has 2 aliphatic rings. The molecule has 0 aromatic heterocycles. The molecule has 5 heteroatoms. The molecule has 0 atom stereocenters. The number of amides is 1. The average molecular weight is 318 g/mol. The Hall–Kier alpha value is -1.75. The number of carbonyl (C=O) groups is 1. The highest BCUT2D eigenvalue weighted by molar-refractivity contribution is 5.76. The van der Waals surface area contributed by atoms with Crippen LogP contribution in [0.4, 0.5) is 5.69 Å². The molecule has 0 aliphatic carbocycles. The molecule has 0 saturated carbocycles. The fraction of sp³-hybridized carbons (Fsp3) is 0.611. The second-order valence-corrected chi connectivity index (χ2v) is 6.33. The number of piperazine rings is 1. The SMILES string of the molecule is COc1ccc(N2CCN(C(=O)CC3CCOCC3)CC2)cc1. The predicted octanol–water partition coefficient (Wildman–Crippen LogP) is 2.16. The van der Waals surface area contributed by atoms with Crippen LogP contribution in [0, 0.1) is 5.92 Å². The number of hydrogen-bond donors (Lipinski definition) is 0. The molecule has 3 rings (SSSR count). The van der Waals surface area contributed by atoms with Crippen LogP contribution in [0.5, 0.6) is 5.75 Å². The first-order chi connectivity index (χ1) is 11.3. The van der Waals surface area contributed by atoms with Crippen LogP contribution in [0.25, 0.3) is 0 Å². The van der Waals surface area contributed by atoms with Crippen molar-refractivity contribution in [2.75, 3.05) is 51.4 Å². The largest absolute Gasteiger partial charge is 0.497 e.